The van der Waals surface area contributed by atoms with Gasteiger partial charge in [0.25, 0.3) is 0 Å². The van der Waals surface area contributed by atoms with Gasteiger partial charge < -0.3 is 15.2 Å². The summed E-state index contributed by atoms with van der Waals surface area (Å²) in [7, 11) is 0. The maximum absolute atomic E-state index is 10.8. The van der Waals surface area contributed by atoms with Gasteiger partial charge in [-0.2, -0.15) is 0 Å². The van der Waals surface area contributed by atoms with Crippen molar-refractivity contribution >= 4 is 12.1 Å². The minimum absolute atomic E-state index is 0.203. The van der Waals surface area contributed by atoms with Gasteiger partial charge in [0.05, 0.1) is 6.61 Å². The van der Waals surface area contributed by atoms with Gasteiger partial charge in [0, 0.05) is 0 Å². The molecule has 0 rings (SSSR count). The number of hydrogen-bond acceptors (Lipinski definition) is 3. The van der Waals surface area contributed by atoms with Crippen LogP contribution in [-0.4, -0.2) is 29.8 Å². The molecule has 0 radical (unpaired) electrons. The fourth-order valence-electron chi connectivity index (χ4n) is 0.686. The van der Waals surface area contributed by atoms with E-state index < -0.39 is 18.1 Å². The Balaban J connectivity index is 4.19. The molecule has 0 aliphatic carbocycles. The highest BCUT2D eigenvalue weighted by Crippen LogP contribution is 1.98. The summed E-state index contributed by atoms with van der Waals surface area (Å²) in [5, 5.41) is 10.8. The van der Waals surface area contributed by atoms with Crippen molar-refractivity contribution < 1.29 is 19.4 Å². The maximum Gasteiger partial charge on any atom is 0.408 e. The van der Waals surface area contributed by atoms with Gasteiger partial charge in [0.1, 0.15) is 0 Å². The third-order valence-electron chi connectivity index (χ3n) is 1.28. The van der Waals surface area contributed by atoms with Crippen LogP contribution in [0.2, 0.25) is 0 Å². The molecule has 1 atom stereocenters. The molecule has 0 aromatic rings. The first-order valence-electron chi connectivity index (χ1n) is 3.80. The van der Waals surface area contributed by atoms with Gasteiger partial charge in [0.15, 0.2) is 6.04 Å². The van der Waals surface area contributed by atoms with Gasteiger partial charge in [-0.1, -0.05) is 6.58 Å². The molecule has 0 heterocycles. The zero-order valence-electron chi connectivity index (χ0n) is 7.66. The number of amides is 1. The molecule has 5 nitrogen and oxygen atoms in total. The molecule has 0 aliphatic rings. The summed E-state index contributed by atoms with van der Waals surface area (Å²) in [4.78, 5) is 21.4. The second-order valence-electron chi connectivity index (χ2n) is 2.48. The Labute approximate surface area is 76.4 Å². The molecule has 2 N–H and O–H groups in total. The van der Waals surface area contributed by atoms with Gasteiger partial charge in [-0.15, -0.1) is 0 Å². The molecule has 0 fully saturated rings. The highest BCUT2D eigenvalue weighted by atomic mass is 16.5. The Morgan fingerprint density at radius 2 is 2.15 bits per heavy atom. The molecule has 0 saturated carbocycles. The predicted molar refractivity (Wildman–Crippen MR) is 46.4 cm³/mol. The van der Waals surface area contributed by atoms with Gasteiger partial charge >= 0.3 is 12.1 Å². The van der Waals surface area contributed by atoms with Crippen LogP contribution in [0.1, 0.15) is 13.8 Å². The number of carbonyl (C=O) groups is 2. The Morgan fingerprint density at radius 3 is 2.46 bits per heavy atom. The van der Waals surface area contributed by atoms with Crippen molar-refractivity contribution in [1.29, 1.82) is 0 Å². The molecule has 0 aromatic carbocycles. The van der Waals surface area contributed by atoms with Crippen LogP contribution in [0, 0.1) is 0 Å². The Hall–Kier alpha value is -1.52. The van der Waals surface area contributed by atoms with Gasteiger partial charge in [-0.25, -0.2) is 9.59 Å². The number of carbonyl (C=O) groups excluding carboxylic acids is 1. The number of nitrogens with one attached hydrogen (secondary N) is 1. The van der Waals surface area contributed by atoms with E-state index in [2.05, 4.69) is 16.6 Å². The first-order valence-corrected chi connectivity index (χ1v) is 3.80. The standard InChI is InChI=1S/C8H13NO4/c1-4-13-8(12)9-6(5(2)3)7(10)11/h6H,2,4H2,1,3H3,(H,9,12)(H,10,11). The Kier molecular flexibility index (Phi) is 4.58. The molecule has 13 heavy (non-hydrogen) atoms. The number of aliphatic carboxylic acids is 1. The monoisotopic (exact) mass is 187 g/mol. The Bertz CT molecular complexity index is 210. The summed E-state index contributed by atoms with van der Waals surface area (Å²) >= 11 is 0. The lowest BCUT2D eigenvalue weighted by molar-refractivity contribution is -0.138. The Morgan fingerprint density at radius 1 is 1.62 bits per heavy atom. The van der Waals surface area contributed by atoms with E-state index >= 15 is 0 Å². The summed E-state index contributed by atoms with van der Waals surface area (Å²) < 4.78 is 4.52. The molecule has 1 amide bonds. The highest BCUT2D eigenvalue weighted by Gasteiger charge is 2.20. The molecule has 0 bridgehead atoms. The fraction of sp³-hybridized carbons (Fsp3) is 0.500. The predicted octanol–water partition coefficient (Wildman–Crippen LogP) is 0.762. The van der Waals surface area contributed by atoms with Crippen molar-refractivity contribution in [3.8, 4) is 0 Å². The normalized spacial score (nSPS) is 11.5. The third kappa shape index (κ3) is 4.15. The number of carboxylic acids is 1. The van der Waals surface area contributed by atoms with Crippen molar-refractivity contribution in [2.75, 3.05) is 6.61 Å². The summed E-state index contributed by atoms with van der Waals surface area (Å²) in [5.41, 5.74) is 0.348. The van der Waals surface area contributed by atoms with Gasteiger partial charge in [-0.3, -0.25) is 0 Å². The van der Waals surface area contributed by atoms with Crippen LogP contribution in [0.5, 0.6) is 0 Å². The average molecular weight is 187 g/mol. The van der Waals surface area contributed by atoms with Crippen molar-refractivity contribution in [3.05, 3.63) is 12.2 Å². The SMILES string of the molecule is C=C(C)C(NC(=O)OCC)C(=O)O. The topological polar surface area (TPSA) is 75.6 Å². The van der Waals surface area contributed by atoms with E-state index in [0.29, 0.717) is 5.57 Å². The van der Waals surface area contributed by atoms with Gasteiger partial charge in [-0.05, 0) is 19.4 Å². The lowest BCUT2D eigenvalue weighted by Crippen LogP contribution is -2.41. The quantitative estimate of drug-likeness (QED) is 0.637. The van der Waals surface area contributed by atoms with Crippen LogP contribution in [-0.2, 0) is 9.53 Å². The molecule has 0 aromatic heterocycles. The van der Waals surface area contributed by atoms with E-state index in [1.165, 1.54) is 6.92 Å². The zero-order chi connectivity index (χ0) is 10.4. The third-order valence-corrected chi connectivity index (χ3v) is 1.28. The zero-order valence-corrected chi connectivity index (χ0v) is 7.66. The summed E-state index contributed by atoms with van der Waals surface area (Å²) in [6.45, 7) is 6.80. The smallest absolute Gasteiger partial charge is 0.408 e. The number of carboxylic acid groups (broad SMARTS) is 1. The van der Waals surface area contributed by atoms with E-state index in [0.717, 1.165) is 0 Å². The first-order chi connectivity index (χ1) is 5.99. The van der Waals surface area contributed by atoms with Crippen LogP contribution in [0.25, 0.3) is 0 Å². The van der Waals surface area contributed by atoms with E-state index in [9.17, 15) is 9.59 Å². The van der Waals surface area contributed by atoms with Crippen molar-refractivity contribution in [3.63, 3.8) is 0 Å². The minimum Gasteiger partial charge on any atom is -0.479 e. The molecule has 0 aliphatic heterocycles. The van der Waals surface area contributed by atoms with Gasteiger partial charge in [0.2, 0.25) is 0 Å². The van der Waals surface area contributed by atoms with Crippen molar-refractivity contribution in [2.45, 2.75) is 19.9 Å². The number of rotatable bonds is 4. The van der Waals surface area contributed by atoms with E-state index in [1.54, 1.807) is 6.92 Å². The van der Waals surface area contributed by atoms with Crippen LogP contribution in [0.4, 0.5) is 4.79 Å². The van der Waals surface area contributed by atoms with E-state index in [4.69, 9.17) is 5.11 Å². The van der Waals surface area contributed by atoms with E-state index in [-0.39, 0.29) is 6.61 Å². The van der Waals surface area contributed by atoms with Crippen LogP contribution < -0.4 is 5.32 Å². The number of ether oxygens (including phenoxy) is 1. The summed E-state index contributed by atoms with van der Waals surface area (Å²) in [5.74, 6) is -1.15. The molecular formula is C8H13NO4. The minimum atomic E-state index is -1.15. The fourth-order valence-corrected chi connectivity index (χ4v) is 0.686. The van der Waals surface area contributed by atoms with E-state index in [1.807, 2.05) is 0 Å². The maximum atomic E-state index is 10.8. The molecule has 74 valence electrons. The van der Waals surface area contributed by atoms with Crippen LogP contribution >= 0.6 is 0 Å². The molecule has 5 heteroatoms. The summed E-state index contributed by atoms with van der Waals surface area (Å²) in [6.07, 6.45) is -0.752. The highest BCUT2D eigenvalue weighted by molar-refractivity contribution is 5.82. The number of hydrogen-bond donors (Lipinski definition) is 2. The van der Waals surface area contributed by atoms with Crippen LogP contribution in [0.3, 0.4) is 0 Å². The lowest BCUT2D eigenvalue weighted by Gasteiger charge is -2.13. The number of alkyl carbamates (subject to hydrolysis) is 1. The second-order valence-corrected chi connectivity index (χ2v) is 2.48. The van der Waals surface area contributed by atoms with Crippen molar-refractivity contribution in [2.24, 2.45) is 0 Å². The van der Waals surface area contributed by atoms with Crippen molar-refractivity contribution in [1.82, 2.24) is 5.32 Å². The second kappa shape index (κ2) is 5.18. The lowest BCUT2D eigenvalue weighted by atomic mass is 10.1. The average Bonchev–Trinajstić information content (AvgIpc) is 1.99. The van der Waals surface area contributed by atoms with Crippen LogP contribution in [0.15, 0.2) is 12.2 Å². The largest absolute Gasteiger partial charge is 0.479 e. The molecule has 0 spiro atoms. The first kappa shape index (κ1) is 11.5. The molecular weight excluding hydrogens is 174 g/mol. The molecule has 1 unspecified atom stereocenters. The summed E-state index contributed by atoms with van der Waals surface area (Å²) in [6, 6.07) is -1.08. The molecule has 0 saturated heterocycles.